The highest BCUT2D eigenvalue weighted by molar-refractivity contribution is 6.32. The average molecular weight is 390 g/mol. The van der Waals surface area contributed by atoms with Crippen LogP contribution >= 0.6 is 11.6 Å². The standard InChI is InChI=1S/C22H19ClF3N/c23-20-16(8-7-13-19(20)22(24,25)26)14-21(15-27,17-9-3-1-4-10-17)18-11-5-2-6-12-18/h1-13H,14-15,27H2. The van der Waals surface area contributed by atoms with E-state index in [1.165, 1.54) is 6.07 Å². The van der Waals surface area contributed by atoms with Gasteiger partial charge in [-0.1, -0.05) is 84.4 Å². The highest BCUT2D eigenvalue weighted by Gasteiger charge is 2.37. The van der Waals surface area contributed by atoms with Crippen molar-refractivity contribution in [2.75, 3.05) is 6.54 Å². The van der Waals surface area contributed by atoms with Gasteiger partial charge in [0, 0.05) is 12.0 Å². The zero-order valence-corrected chi connectivity index (χ0v) is 15.3. The Morgan fingerprint density at radius 2 is 1.26 bits per heavy atom. The van der Waals surface area contributed by atoms with Gasteiger partial charge in [-0.05, 0) is 29.2 Å². The molecular formula is C22H19ClF3N. The van der Waals surface area contributed by atoms with E-state index in [4.69, 9.17) is 17.3 Å². The maximum atomic E-state index is 13.3. The maximum Gasteiger partial charge on any atom is 0.417 e. The summed E-state index contributed by atoms with van der Waals surface area (Å²) in [6, 6.07) is 23.2. The van der Waals surface area contributed by atoms with E-state index < -0.39 is 17.2 Å². The van der Waals surface area contributed by atoms with Gasteiger partial charge in [0.1, 0.15) is 0 Å². The summed E-state index contributed by atoms with van der Waals surface area (Å²) in [6.45, 7) is 0.230. The van der Waals surface area contributed by atoms with Gasteiger partial charge in [-0.3, -0.25) is 0 Å². The van der Waals surface area contributed by atoms with Crippen LogP contribution in [-0.2, 0) is 18.0 Å². The molecule has 0 atom stereocenters. The molecule has 3 rings (SSSR count). The highest BCUT2D eigenvalue weighted by atomic mass is 35.5. The molecule has 0 aliphatic heterocycles. The molecule has 1 nitrogen and oxygen atoms in total. The SMILES string of the molecule is NCC(Cc1cccc(C(F)(F)F)c1Cl)(c1ccccc1)c1ccccc1. The van der Waals surface area contributed by atoms with Crippen LogP contribution in [0.2, 0.25) is 5.02 Å². The summed E-state index contributed by atoms with van der Waals surface area (Å²) >= 11 is 6.17. The van der Waals surface area contributed by atoms with Gasteiger partial charge < -0.3 is 5.73 Å². The number of alkyl halides is 3. The average Bonchev–Trinajstić information content (AvgIpc) is 2.68. The van der Waals surface area contributed by atoms with Crippen molar-refractivity contribution < 1.29 is 13.2 Å². The molecule has 0 unspecified atom stereocenters. The van der Waals surface area contributed by atoms with Crippen molar-refractivity contribution in [2.24, 2.45) is 5.73 Å². The van der Waals surface area contributed by atoms with Gasteiger partial charge in [0.25, 0.3) is 0 Å². The van der Waals surface area contributed by atoms with Crippen molar-refractivity contribution in [1.29, 1.82) is 0 Å². The summed E-state index contributed by atoms with van der Waals surface area (Å²) in [5, 5.41) is -0.269. The van der Waals surface area contributed by atoms with Crippen LogP contribution in [0.15, 0.2) is 78.9 Å². The molecule has 27 heavy (non-hydrogen) atoms. The Morgan fingerprint density at radius 1 is 0.741 bits per heavy atom. The van der Waals surface area contributed by atoms with Gasteiger partial charge in [0.2, 0.25) is 0 Å². The summed E-state index contributed by atoms with van der Waals surface area (Å²) in [7, 11) is 0. The summed E-state index contributed by atoms with van der Waals surface area (Å²) in [5.74, 6) is 0. The van der Waals surface area contributed by atoms with Crippen LogP contribution < -0.4 is 5.73 Å². The first-order valence-electron chi connectivity index (χ1n) is 8.54. The lowest BCUT2D eigenvalue weighted by molar-refractivity contribution is -0.137. The lowest BCUT2D eigenvalue weighted by atomic mass is 9.70. The molecule has 5 heteroatoms. The molecule has 0 saturated heterocycles. The second-order valence-electron chi connectivity index (χ2n) is 6.47. The van der Waals surface area contributed by atoms with Crippen LogP contribution in [-0.4, -0.2) is 6.54 Å². The molecule has 0 heterocycles. The van der Waals surface area contributed by atoms with Crippen molar-refractivity contribution in [3.63, 3.8) is 0 Å². The van der Waals surface area contributed by atoms with Gasteiger partial charge >= 0.3 is 6.18 Å². The maximum absolute atomic E-state index is 13.3. The van der Waals surface area contributed by atoms with Gasteiger partial charge in [-0.15, -0.1) is 0 Å². The highest BCUT2D eigenvalue weighted by Crippen LogP contribution is 2.40. The fourth-order valence-corrected chi connectivity index (χ4v) is 3.75. The van der Waals surface area contributed by atoms with Crippen LogP contribution in [0.3, 0.4) is 0 Å². The molecule has 0 spiro atoms. The zero-order chi connectivity index (χ0) is 19.5. The van der Waals surface area contributed by atoms with Crippen molar-refractivity contribution >= 4 is 11.6 Å². The third-order valence-electron chi connectivity index (χ3n) is 4.88. The van der Waals surface area contributed by atoms with Crippen LogP contribution in [0.5, 0.6) is 0 Å². The number of hydrogen-bond donors (Lipinski definition) is 1. The second-order valence-corrected chi connectivity index (χ2v) is 6.85. The predicted molar refractivity (Wildman–Crippen MR) is 103 cm³/mol. The summed E-state index contributed by atoms with van der Waals surface area (Å²) in [6.07, 6.45) is -4.24. The fraction of sp³-hybridized carbons (Fsp3) is 0.182. The number of benzene rings is 3. The predicted octanol–water partition coefficient (Wildman–Crippen LogP) is 5.85. The Bertz CT molecular complexity index is 853. The Kier molecular flexibility index (Phi) is 5.59. The van der Waals surface area contributed by atoms with Gasteiger partial charge in [0.15, 0.2) is 0 Å². The van der Waals surface area contributed by atoms with E-state index >= 15 is 0 Å². The van der Waals surface area contributed by atoms with E-state index in [2.05, 4.69) is 0 Å². The monoisotopic (exact) mass is 389 g/mol. The van der Waals surface area contributed by atoms with Crippen LogP contribution in [0, 0.1) is 0 Å². The van der Waals surface area contributed by atoms with Gasteiger partial charge in [0.05, 0.1) is 10.6 Å². The van der Waals surface area contributed by atoms with E-state index in [-0.39, 0.29) is 18.0 Å². The molecule has 0 aliphatic carbocycles. The molecule has 0 fully saturated rings. The second kappa shape index (κ2) is 7.75. The minimum absolute atomic E-state index is 0.230. The van der Waals surface area contributed by atoms with E-state index in [1.54, 1.807) is 6.07 Å². The molecule has 0 aliphatic rings. The molecule has 0 bridgehead atoms. The number of halogens is 4. The van der Waals surface area contributed by atoms with E-state index in [0.717, 1.165) is 17.2 Å². The molecule has 3 aromatic rings. The van der Waals surface area contributed by atoms with Crippen molar-refractivity contribution in [3.8, 4) is 0 Å². The van der Waals surface area contributed by atoms with E-state index in [9.17, 15) is 13.2 Å². The number of rotatable bonds is 5. The first-order valence-corrected chi connectivity index (χ1v) is 8.92. The molecular weight excluding hydrogens is 371 g/mol. The van der Waals surface area contributed by atoms with Gasteiger partial charge in [-0.25, -0.2) is 0 Å². The third-order valence-corrected chi connectivity index (χ3v) is 5.32. The molecule has 0 saturated carbocycles. The summed E-state index contributed by atoms with van der Waals surface area (Å²) in [5.41, 5.74) is 7.01. The lowest BCUT2D eigenvalue weighted by Gasteiger charge is -2.35. The van der Waals surface area contributed by atoms with Crippen LogP contribution in [0.4, 0.5) is 13.2 Å². The van der Waals surface area contributed by atoms with E-state index in [1.807, 2.05) is 60.7 Å². The number of hydrogen-bond acceptors (Lipinski definition) is 1. The summed E-state index contributed by atoms with van der Waals surface area (Å²) < 4.78 is 39.8. The Labute approximate surface area is 161 Å². The molecule has 2 N–H and O–H groups in total. The molecule has 0 radical (unpaired) electrons. The Morgan fingerprint density at radius 3 is 1.70 bits per heavy atom. The normalized spacial score (nSPS) is 12.2. The quantitative estimate of drug-likeness (QED) is 0.582. The molecule has 0 amide bonds. The summed E-state index contributed by atoms with van der Waals surface area (Å²) in [4.78, 5) is 0. The smallest absolute Gasteiger partial charge is 0.329 e. The van der Waals surface area contributed by atoms with Crippen LogP contribution in [0.1, 0.15) is 22.3 Å². The first kappa shape index (κ1) is 19.5. The van der Waals surface area contributed by atoms with Crippen molar-refractivity contribution in [2.45, 2.75) is 18.0 Å². The minimum atomic E-state index is -4.50. The Balaban J connectivity index is 2.17. The zero-order valence-electron chi connectivity index (χ0n) is 14.5. The molecule has 140 valence electrons. The molecule has 3 aromatic carbocycles. The molecule has 0 aromatic heterocycles. The first-order chi connectivity index (χ1) is 12.9. The van der Waals surface area contributed by atoms with Crippen molar-refractivity contribution in [3.05, 3.63) is 106 Å². The van der Waals surface area contributed by atoms with Gasteiger partial charge in [-0.2, -0.15) is 13.2 Å². The number of nitrogens with two attached hydrogens (primary N) is 1. The Hall–Kier alpha value is -2.30. The largest absolute Gasteiger partial charge is 0.417 e. The van der Waals surface area contributed by atoms with Crippen molar-refractivity contribution in [1.82, 2.24) is 0 Å². The third kappa shape index (κ3) is 3.87. The van der Waals surface area contributed by atoms with Crippen LogP contribution in [0.25, 0.3) is 0 Å². The fourth-order valence-electron chi connectivity index (χ4n) is 3.45. The topological polar surface area (TPSA) is 26.0 Å². The minimum Gasteiger partial charge on any atom is -0.329 e. The lowest BCUT2D eigenvalue weighted by Crippen LogP contribution is -2.38. The van der Waals surface area contributed by atoms with E-state index in [0.29, 0.717) is 5.56 Å².